The molecule has 3 aromatic rings. The van der Waals surface area contributed by atoms with Crippen molar-refractivity contribution >= 4 is 22.4 Å². The van der Waals surface area contributed by atoms with E-state index in [0.717, 1.165) is 11.4 Å². The maximum atomic E-state index is 12.3. The Labute approximate surface area is 139 Å². The molecule has 0 radical (unpaired) electrons. The van der Waals surface area contributed by atoms with Crippen LogP contribution in [0, 0.1) is 0 Å². The molecule has 0 unspecified atom stereocenters. The lowest BCUT2D eigenvalue weighted by atomic mass is 9.93. The molecule has 0 spiro atoms. The molecule has 5 nitrogen and oxygen atoms in total. The zero-order valence-electron chi connectivity index (χ0n) is 13.3. The number of anilines is 1. The summed E-state index contributed by atoms with van der Waals surface area (Å²) in [4.78, 5) is 20.8. The van der Waals surface area contributed by atoms with Crippen LogP contribution in [0.2, 0.25) is 0 Å². The third kappa shape index (κ3) is 3.48. The zero-order valence-corrected chi connectivity index (χ0v) is 14.1. The Morgan fingerprint density at radius 2 is 1.96 bits per heavy atom. The van der Waals surface area contributed by atoms with E-state index < -0.39 is 0 Å². The number of nitrogens with zero attached hydrogens (tertiary/aromatic N) is 3. The van der Waals surface area contributed by atoms with Gasteiger partial charge in [0.2, 0.25) is 0 Å². The highest BCUT2D eigenvalue weighted by Crippen LogP contribution is 2.26. The smallest absolute Gasteiger partial charge is 0.257 e. The maximum Gasteiger partial charge on any atom is 0.257 e. The van der Waals surface area contributed by atoms with Crippen LogP contribution in [0.3, 0.4) is 0 Å². The summed E-state index contributed by atoms with van der Waals surface area (Å²) in [5.41, 5.74) is 2.52. The summed E-state index contributed by atoms with van der Waals surface area (Å²) in [5, 5.41) is 5.46. The van der Waals surface area contributed by atoms with Crippen LogP contribution in [0.5, 0.6) is 0 Å². The fourth-order valence-electron chi connectivity index (χ4n) is 2.04. The van der Waals surface area contributed by atoms with Crippen LogP contribution < -0.4 is 5.32 Å². The van der Waals surface area contributed by atoms with Crippen LogP contribution in [0.4, 0.5) is 5.13 Å². The van der Waals surface area contributed by atoms with Gasteiger partial charge in [-0.05, 0) is 24.3 Å². The van der Waals surface area contributed by atoms with Gasteiger partial charge < -0.3 is 4.57 Å². The number of carbonyl (C=O) groups is 1. The number of carbonyl (C=O) groups excluding carboxylic acids is 1. The van der Waals surface area contributed by atoms with Crippen LogP contribution in [0.15, 0.2) is 48.4 Å². The van der Waals surface area contributed by atoms with Crippen LogP contribution in [-0.4, -0.2) is 20.4 Å². The monoisotopic (exact) mass is 326 g/mol. The number of imidazole rings is 1. The second-order valence-electron chi connectivity index (χ2n) is 6.26. The van der Waals surface area contributed by atoms with E-state index in [4.69, 9.17) is 0 Å². The third-order valence-electron chi connectivity index (χ3n) is 3.43. The lowest BCUT2D eigenvalue weighted by molar-refractivity contribution is 0.102. The van der Waals surface area contributed by atoms with Gasteiger partial charge in [0, 0.05) is 34.4 Å². The number of benzene rings is 1. The van der Waals surface area contributed by atoms with Gasteiger partial charge in [0.1, 0.15) is 0 Å². The Morgan fingerprint density at radius 3 is 2.52 bits per heavy atom. The van der Waals surface area contributed by atoms with Gasteiger partial charge in [-0.3, -0.25) is 10.1 Å². The minimum absolute atomic E-state index is 0.0219. The quantitative estimate of drug-likeness (QED) is 0.794. The van der Waals surface area contributed by atoms with Crippen molar-refractivity contribution in [1.29, 1.82) is 0 Å². The van der Waals surface area contributed by atoms with Gasteiger partial charge in [0.05, 0.1) is 12.0 Å². The lowest BCUT2D eigenvalue weighted by Gasteiger charge is -2.14. The summed E-state index contributed by atoms with van der Waals surface area (Å²) in [6.07, 6.45) is 5.30. The molecule has 1 N–H and O–H groups in total. The molecule has 2 aromatic heterocycles. The molecule has 0 aliphatic heterocycles. The predicted molar refractivity (Wildman–Crippen MR) is 92.3 cm³/mol. The zero-order chi connectivity index (χ0) is 16.4. The largest absolute Gasteiger partial charge is 0.306 e. The van der Waals surface area contributed by atoms with Crippen molar-refractivity contribution in [2.24, 2.45) is 0 Å². The number of aromatic nitrogens is 3. The molecule has 0 saturated carbocycles. The second-order valence-corrected chi connectivity index (χ2v) is 7.12. The van der Waals surface area contributed by atoms with E-state index in [9.17, 15) is 4.79 Å². The molecule has 0 saturated heterocycles. The van der Waals surface area contributed by atoms with E-state index in [1.807, 2.05) is 28.3 Å². The molecule has 0 atom stereocenters. The molecule has 0 aliphatic rings. The first-order chi connectivity index (χ1) is 10.9. The van der Waals surface area contributed by atoms with E-state index in [-0.39, 0.29) is 11.3 Å². The molecule has 1 aromatic carbocycles. The number of amides is 1. The molecule has 23 heavy (non-hydrogen) atoms. The van der Waals surface area contributed by atoms with Gasteiger partial charge in [-0.2, -0.15) is 0 Å². The molecule has 2 heterocycles. The third-order valence-corrected chi connectivity index (χ3v) is 4.18. The van der Waals surface area contributed by atoms with Crippen molar-refractivity contribution in [3.05, 3.63) is 59.6 Å². The van der Waals surface area contributed by atoms with Crippen LogP contribution in [0.25, 0.3) is 5.69 Å². The highest BCUT2D eigenvalue weighted by Gasteiger charge is 2.18. The minimum atomic E-state index is -0.156. The molecule has 0 fully saturated rings. The van der Waals surface area contributed by atoms with E-state index in [0.29, 0.717) is 10.7 Å². The number of rotatable bonds is 3. The first-order valence-electron chi connectivity index (χ1n) is 7.29. The topological polar surface area (TPSA) is 59.8 Å². The molecule has 118 valence electrons. The van der Waals surface area contributed by atoms with E-state index in [1.165, 1.54) is 11.3 Å². The Kier molecular flexibility index (Phi) is 4.00. The van der Waals surface area contributed by atoms with Gasteiger partial charge in [-0.15, -0.1) is 11.3 Å². The summed E-state index contributed by atoms with van der Waals surface area (Å²) < 4.78 is 1.89. The van der Waals surface area contributed by atoms with Crippen LogP contribution >= 0.6 is 11.3 Å². The fourth-order valence-corrected chi connectivity index (χ4v) is 2.97. The van der Waals surface area contributed by atoms with Gasteiger partial charge in [-0.25, -0.2) is 9.97 Å². The maximum absolute atomic E-state index is 12.3. The van der Waals surface area contributed by atoms with Crippen molar-refractivity contribution in [2.45, 2.75) is 26.2 Å². The van der Waals surface area contributed by atoms with Crippen molar-refractivity contribution in [1.82, 2.24) is 14.5 Å². The summed E-state index contributed by atoms with van der Waals surface area (Å²) in [6, 6.07) is 7.37. The van der Waals surface area contributed by atoms with E-state index in [1.54, 1.807) is 24.7 Å². The highest BCUT2D eigenvalue weighted by atomic mass is 32.1. The predicted octanol–water partition coefficient (Wildman–Crippen LogP) is 3.88. The molecule has 0 bridgehead atoms. The lowest BCUT2D eigenvalue weighted by Crippen LogP contribution is -2.14. The Bertz CT molecular complexity index is 798. The average molecular weight is 326 g/mol. The summed E-state index contributed by atoms with van der Waals surface area (Å²) in [6.45, 7) is 6.30. The van der Waals surface area contributed by atoms with E-state index >= 15 is 0 Å². The van der Waals surface area contributed by atoms with Crippen LogP contribution in [0.1, 0.15) is 36.8 Å². The fraction of sp³-hybridized carbons (Fsp3) is 0.235. The average Bonchev–Trinajstić information content (AvgIpc) is 3.18. The van der Waals surface area contributed by atoms with E-state index in [2.05, 4.69) is 36.1 Å². The molecule has 6 heteroatoms. The molecular weight excluding hydrogens is 308 g/mol. The highest BCUT2D eigenvalue weighted by molar-refractivity contribution is 7.14. The van der Waals surface area contributed by atoms with Gasteiger partial charge in [0.15, 0.2) is 5.13 Å². The normalized spacial score (nSPS) is 11.4. The standard InChI is InChI=1S/C17H18N4OS/c1-17(2,3)14-10-23-16(19-14)20-15(22)12-4-6-13(7-5-12)21-9-8-18-11-21/h4-11H,1-3H3,(H,19,20,22). The van der Waals surface area contributed by atoms with Gasteiger partial charge >= 0.3 is 0 Å². The SMILES string of the molecule is CC(C)(C)c1csc(NC(=O)c2ccc(-n3ccnc3)cc2)n1. The van der Waals surface area contributed by atoms with Crippen molar-refractivity contribution in [3.8, 4) is 5.69 Å². The van der Waals surface area contributed by atoms with Crippen LogP contribution in [-0.2, 0) is 5.41 Å². The Morgan fingerprint density at radius 1 is 1.22 bits per heavy atom. The van der Waals surface area contributed by atoms with Crippen molar-refractivity contribution < 1.29 is 4.79 Å². The van der Waals surface area contributed by atoms with Gasteiger partial charge in [-0.1, -0.05) is 20.8 Å². The van der Waals surface area contributed by atoms with Crippen molar-refractivity contribution in [3.63, 3.8) is 0 Å². The number of hydrogen-bond donors (Lipinski definition) is 1. The Hall–Kier alpha value is -2.47. The molecular formula is C17H18N4OS. The Balaban J connectivity index is 1.72. The first kappa shape index (κ1) is 15.4. The minimum Gasteiger partial charge on any atom is -0.306 e. The van der Waals surface area contributed by atoms with Gasteiger partial charge in [0.25, 0.3) is 5.91 Å². The van der Waals surface area contributed by atoms with Crippen molar-refractivity contribution in [2.75, 3.05) is 5.32 Å². The number of nitrogens with one attached hydrogen (secondary N) is 1. The summed E-state index contributed by atoms with van der Waals surface area (Å²) in [5.74, 6) is -0.156. The summed E-state index contributed by atoms with van der Waals surface area (Å²) >= 11 is 1.45. The number of thiazole rings is 1. The second kappa shape index (κ2) is 5.96. The first-order valence-corrected chi connectivity index (χ1v) is 8.17. The molecule has 3 rings (SSSR count). The molecule has 1 amide bonds. The number of hydrogen-bond acceptors (Lipinski definition) is 4. The molecule has 0 aliphatic carbocycles. The summed E-state index contributed by atoms with van der Waals surface area (Å²) in [7, 11) is 0.